The monoisotopic (exact) mass is 368 g/mol. The second kappa shape index (κ2) is 4.99. The van der Waals surface area contributed by atoms with Crippen molar-refractivity contribution in [3.8, 4) is 0 Å². The molecule has 7 atom stereocenters. The average molecular weight is 369 g/mol. The summed E-state index contributed by atoms with van der Waals surface area (Å²) in [5, 5.41) is 21.1. The Kier molecular flexibility index (Phi) is 3.51. The molecule has 3 saturated carbocycles. The molecule has 0 aromatic carbocycles. The SMILES string of the molecule is C[C@@]12CCC[C@H]1[C@@H]1[C@@H](O)C[C@H]3CC(O)=C(Br)C[C@]3(C)[C@H]1CC2. The van der Waals surface area contributed by atoms with Crippen molar-refractivity contribution >= 4 is 15.9 Å². The Morgan fingerprint density at radius 3 is 2.68 bits per heavy atom. The van der Waals surface area contributed by atoms with Crippen molar-refractivity contribution in [2.45, 2.75) is 71.3 Å². The first-order valence-corrected chi connectivity index (χ1v) is 9.89. The van der Waals surface area contributed by atoms with Gasteiger partial charge < -0.3 is 10.2 Å². The third-order valence-corrected chi connectivity index (χ3v) is 8.89. The molecule has 3 heteroatoms. The van der Waals surface area contributed by atoms with Gasteiger partial charge in [0.15, 0.2) is 0 Å². The molecule has 0 unspecified atom stereocenters. The molecule has 4 aliphatic rings. The Labute approximate surface area is 142 Å². The molecule has 4 aliphatic carbocycles. The Hall–Kier alpha value is -0.0200. The molecule has 0 amide bonds. The van der Waals surface area contributed by atoms with Crippen LogP contribution >= 0.6 is 15.9 Å². The van der Waals surface area contributed by atoms with Gasteiger partial charge in [-0.3, -0.25) is 0 Å². The number of rotatable bonds is 0. The van der Waals surface area contributed by atoms with E-state index < -0.39 is 0 Å². The van der Waals surface area contributed by atoms with Gasteiger partial charge in [0.1, 0.15) is 5.76 Å². The molecule has 124 valence electrons. The number of fused-ring (bicyclic) bond motifs is 5. The normalized spacial score (nSPS) is 54.6. The summed E-state index contributed by atoms with van der Waals surface area (Å²) in [6.45, 7) is 4.91. The van der Waals surface area contributed by atoms with E-state index in [1.165, 1.54) is 32.1 Å². The minimum Gasteiger partial charge on any atom is -0.511 e. The van der Waals surface area contributed by atoms with Gasteiger partial charge in [0.05, 0.1) is 6.10 Å². The summed E-state index contributed by atoms with van der Waals surface area (Å²) < 4.78 is 1.01. The van der Waals surface area contributed by atoms with Crippen LogP contribution in [0.3, 0.4) is 0 Å². The maximum absolute atomic E-state index is 11.0. The lowest BCUT2D eigenvalue weighted by Crippen LogP contribution is -2.57. The Morgan fingerprint density at radius 1 is 1.14 bits per heavy atom. The van der Waals surface area contributed by atoms with Gasteiger partial charge in [-0.2, -0.15) is 0 Å². The molecule has 4 rings (SSSR count). The second-order valence-corrected chi connectivity index (χ2v) is 10.1. The molecular weight excluding hydrogens is 340 g/mol. The largest absolute Gasteiger partial charge is 0.511 e. The molecule has 2 nitrogen and oxygen atoms in total. The molecule has 0 spiro atoms. The van der Waals surface area contributed by atoms with Crippen molar-refractivity contribution < 1.29 is 10.2 Å². The van der Waals surface area contributed by atoms with Gasteiger partial charge in [-0.05, 0) is 73.0 Å². The van der Waals surface area contributed by atoms with Crippen molar-refractivity contribution in [1.29, 1.82) is 0 Å². The fraction of sp³-hybridized carbons (Fsp3) is 0.895. The smallest absolute Gasteiger partial charge is 0.103 e. The minimum absolute atomic E-state index is 0.157. The van der Waals surface area contributed by atoms with Gasteiger partial charge in [-0.15, -0.1) is 0 Å². The Bertz CT molecular complexity index is 516. The fourth-order valence-corrected chi connectivity index (χ4v) is 7.65. The predicted octanol–water partition coefficient (Wildman–Crippen LogP) is 5.16. The van der Waals surface area contributed by atoms with Crippen LogP contribution in [-0.4, -0.2) is 16.3 Å². The van der Waals surface area contributed by atoms with Gasteiger partial charge >= 0.3 is 0 Å². The number of hydrogen-bond acceptors (Lipinski definition) is 2. The van der Waals surface area contributed by atoms with Crippen molar-refractivity contribution in [3.05, 3.63) is 10.2 Å². The molecule has 22 heavy (non-hydrogen) atoms. The third kappa shape index (κ3) is 2.00. The van der Waals surface area contributed by atoms with E-state index in [9.17, 15) is 10.2 Å². The van der Waals surface area contributed by atoms with Gasteiger partial charge in [0.25, 0.3) is 0 Å². The maximum atomic E-state index is 11.0. The van der Waals surface area contributed by atoms with Crippen LogP contribution in [-0.2, 0) is 0 Å². The van der Waals surface area contributed by atoms with Crippen LogP contribution in [0.2, 0.25) is 0 Å². The molecule has 0 aromatic rings. The average Bonchev–Trinajstić information content (AvgIpc) is 2.84. The summed E-state index contributed by atoms with van der Waals surface area (Å²) in [4.78, 5) is 0. The van der Waals surface area contributed by atoms with E-state index in [2.05, 4.69) is 29.8 Å². The van der Waals surface area contributed by atoms with Crippen LogP contribution in [0, 0.1) is 34.5 Å². The van der Waals surface area contributed by atoms with Crippen molar-refractivity contribution in [3.63, 3.8) is 0 Å². The molecular formula is C19H29BrO2. The number of aliphatic hydroxyl groups is 2. The summed E-state index contributed by atoms with van der Waals surface area (Å²) in [6.07, 6.45) is 9.06. The maximum Gasteiger partial charge on any atom is 0.103 e. The van der Waals surface area contributed by atoms with Crippen molar-refractivity contribution in [2.24, 2.45) is 34.5 Å². The molecule has 0 radical (unpaired) electrons. The lowest BCUT2D eigenvalue weighted by molar-refractivity contribution is -0.149. The first-order valence-electron chi connectivity index (χ1n) is 9.10. The molecule has 0 saturated heterocycles. The van der Waals surface area contributed by atoms with E-state index in [4.69, 9.17) is 0 Å². The highest BCUT2D eigenvalue weighted by Crippen LogP contribution is 2.66. The fourth-order valence-electron chi connectivity index (χ4n) is 6.88. The summed E-state index contributed by atoms with van der Waals surface area (Å²) in [7, 11) is 0. The number of hydrogen-bond donors (Lipinski definition) is 2. The summed E-state index contributed by atoms with van der Waals surface area (Å²) >= 11 is 3.62. The number of halogens is 1. The van der Waals surface area contributed by atoms with Crippen molar-refractivity contribution in [2.75, 3.05) is 0 Å². The Morgan fingerprint density at radius 2 is 1.91 bits per heavy atom. The van der Waals surface area contributed by atoms with Crippen LogP contribution in [0.1, 0.15) is 65.2 Å². The van der Waals surface area contributed by atoms with Crippen LogP contribution in [0.15, 0.2) is 10.2 Å². The third-order valence-electron chi connectivity index (χ3n) is 8.15. The van der Waals surface area contributed by atoms with Crippen molar-refractivity contribution in [1.82, 2.24) is 0 Å². The highest BCUT2D eigenvalue weighted by atomic mass is 79.9. The van der Waals surface area contributed by atoms with Crippen LogP contribution in [0.25, 0.3) is 0 Å². The van der Waals surface area contributed by atoms with E-state index >= 15 is 0 Å². The quantitative estimate of drug-likeness (QED) is 0.619. The Balaban J connectivity index is 1.71. The molecule has 2 N–H and O–H groups in total. The molecule has 0 aliphatic heterocycles. The van der Waals surface area contributed by atoms with Crippen LogP contribution in [0.4, 0.5) is 0 Å². The van der Waals surface area contributed by atoms with E-state index in [-0.39, 0.29) is 11.5 Å². The number of allylic oxidation sites excluding steroid dienone is 2. The van der Waals surface area contributed by atoms with Gasteiger partial charge in [0.2, 0.25) is 0 Å². The van der Waals surface area contributed by atoms with Crippen LogP contribution < -0.4 is 0 Å². The van der Waals surface area contributed by atoms with E-state index in [0.717, 1.165) is 29.7 Å². The second-order valence-electron chi connectivity index (χ2n) is 9.11. The highest BCUT2D eigenvalue weighted by Gasteiger charge is 2.60. The van der Waals surface area contributed by atoms with Gasteiger partial charge in [-0.25, -0.2) is 0 Å². The van der Waals surface area contributed by atoms with E-state index in [0.29, 0.717) is 28.9 Å². The zero-order valence-corrected chi connectivity index (χ0v) is 15.4. The lowest BCUT2D eigenvalue weighted by Gasteiger charge is -2.61. The molecule has 3 fully saturated rings. The molecule has 0 heterocycles. The zero-order valence-electron chi connectivity index (χ0n) is 13.8. The topological polar surface area (TPSA) is 40.5 Å². The summed E-state index contributed by atoms with van der Waals surface area (Å²) in [5.74, 6) is 2.80. The minimum atomic E-state index is -0.157. The summed E-state index contributed by atoms with van der Waals surface area (Å²) in [6, 6.07) is 0. The molecule has 0 aromatic heterocycles. The molecule has 0 bridgehead atoms. The van der Waals surface area contributed by atoms with Gasteiger partial charge in [0, 0.05) is 10.9 Å². The predicted molar refractivity (Wildman–Crippen MR) is 91.7 cm³/mol. The zero-order chi connectivity index (χ0) is 15.7. The van der Waals surface area contributed by atoms with Gasteiger partial charge in [-0.1, -0.05) is 36.2 Å². The van der Waals surface area contributed by atoms with Crippen LogP contribution in [0.5, 0.6) is 0 Å². The lowest BCUT2D eigenvalue weighted by atomic mass is 9.45. The number of aliphatic hydroxyl groups excluding tert-OH is 2. The van der Waals surface area contributed by atoms with E-state index in [1.807, 2.05) is 0 Å². The first kappa shape index (κ1) is 15.5. The van der Waals surface area contributed by atoms with E-state index in [1.54, 1.807) is 0 Å². The first-order chi connectivity index (χ1) is 10.3. The highest BCUT2D eigenvalue weighted by molar-refractivity contribution is 9.11. The summed E-state index contributed by atoms with van der Waals surface area (Å²) in [5.41, 5.74) is 0.730. The standard InChI is InChI=1S/C19H29BrO2/c1-18-6-3-4-12(18)17-13(5-7-18)19(2)10-14(20)15(21)8-11(19)9-16(17)22/h11-13,16-17,21-22H,3-10H2,1-2H3/t11-,12+,13+,16+,17+,18+,19+/m1/s1.